The molecule has 0 aliphatic carbocycles. The Balaban J connectivity index is 1.36. The van der Waals surface area contributed by atoms with E-state index in [4.69, 9.17) is 4.98 Å². The van der Waals surface area contributed by atoms with E-state index in [1.807, 2.05) is 24.5 Å². The Bertz CT molecular complexity index is 2490. The van der Waals surface area contributed by atoms with E-state index in [2.05, 4.69) is 148 Å². The molecule has 9 rings (SSSR count). The predicted octanol–water partition coefficient (Wildman–Crippen LogP) is 10.0. The molecule has 4 aromatic heterocycles. The Morgan fingerprint density at radius 2 is 0.932 bits per heavy atom. The van der Waals surface area contributed by atoms with Crippen molar-refractivity contribution in [1.82, 2.24) is 19.1 Å². The molecule has 0 N–H and O–H groups in total. The first-order valence-corrected chi connectivity index (χ1v) is 14.8. The fraction of sp³-hybridized carbons (Fsp3) is 0. The van der Waals surface area contributed by atoms with Gasteiger partial charge in [0, 0.05) is 56.4 Å². The number of hydrogen-bond donors (Lipinski definition) is 0. The molecular weight excluding hydrogens is 536 g/mol. The average Bonchev–Trinajstić information content (AvgIpc) is 3.62. The molecule has 0 unspecified atom stereocenters. The van der Waals surface area contributed by atoms with E-state index in [-0.39, 0.29) is 0 Å². The van der Waals surface area contributed by atoms with Crippen molar-refractivity contribution in [1.29, 1.82) is 0 Å². The molecule has 0 radical (unpaired) electrons. The van der Waals surface area contributed by atoms with Crippen LogP contribution in [0.1, 0.15) is 0 Å². The van der Waals surface area contributed by atoms with E-state index in [1.54, 1.807) is 0 Å². The zero-order valence-electron chi connectivity index (χ0n) is 23.8. The van der Waals surface area contributed by atoms with Gasteiger partial charge in [0.05, 0.1) is 33.5 Å². The topological polar surface area (TPSA) is 35.6 Å². The molecule has 4 heteroatoms. The molecule has 44 heavy (non-hydrogen) atoms. The van der Waals surface area contributed by atoms with Crippen molar-refractivity contribution in [3.05, 3.63) is 158 Å². The van der Waals surface area contributed by atoms with E-state index < -0.39 is 0 Å². The van der Waals surface area contributed by atoms with Gasteiger partial charge in [-0.05, 0) is 60.7 Å². The normalized spacial score (nSPS) is 11.6. The molecule has 5 aromatic carbocycles. The maximum absolute atomic E-state index is 5.05. The second kappa shape index (κ2) is 9.79. The fourth-order valence-electron chi connectivity index (χ4n) is 6.70. The van der Waals surface area contributed by atoms with Gasteiger partial charge in [-0.25, -0.2) is 4.98 Å². The van der Waals surface area contributed by atoms with Crippen LogP contribution in [0.2, 0.25) is 0 Å². The molecule has 206 valence electrons. The smallest absolute Gasteiger partial charge is 0.0788 e. The zero-order chi connectivity index (χ0) is 29.0. The van der Waals surface area contributed by atoms with Gasteiger partial charge < -0.3 is 9.13 Å². The molecule has 0 atom stereocenters. The molecule has 0 saturated carbocycles. The van der Waals surface area contributed by atoms with E-state index in [9.17, 15) is 0 Å². The van der Waals surface area contributed by atoms with E-state index >= 15 is 0 Å². The van der Waals surface area contributed by atoms with Crippen molar-refractivity contribution in [2.45, 2.75) is 0 Å². The van der Waals surface area contributed by atoms with Crippen molar-refractivity contribution >= 4 is 43.6 Å². The third-order valence-electron chi connectivity index (χ3n) is 8.61. The lowest BCUT2D eigenvalue weighted by Gasteiger charge is -2.13. The van der Waals surface area contributed by atoms with Crippen LogP contribution in [0.15, 0.2) is 158 Å². The summed E-state index contributed by atoms with van der Waals surface area (Å²) in [5.41, 5.74) is 11.0. The summed E-state index contributed by atoms with van der Waals surface area (Å²) in [4.78, 5) is 9.22. The second-order valence-corrected chi connectivity index (χ2v) is 11.1. The Morgan fingerprint density at radius 1 is 0.386 bits per heavy atom. The predicted molar refractivity (Wildman–Crippen MR) is 182 cm³/mol. The lowest BCUT2D eigenvalue weighted by Crippen LogP contribution is -1.99. The van der Waals surface area contributed by atoms with E-state index in [0.717, 1.165) is 33.9 Å². The van der Waals surface area contributed by atoms with E-state index in [0.29, 0.717) is 0 Å². The number of para-hydroxylation sites is 3. The third-order valence-corrected chi connectivity index (χ3v) is 8.61. The Labute approximate surface area is 254 Å². The summed E-state index contributed by atoms with van der Waals surface area (Å²) >= 11 is 0. The summed E-state index contributed by atoms with van der Waals surface area (Å²) in [5, 5.41) is 4.95. The zero-order valence-corrected chi connectivity index (χ0v) is 23.8. The minimum absolute atomic E-state index is 0.932. The standard InChI is InChI=1S/C40H26N4/c1-2-11-29(12-3-1)43-37-18-6-4-14-31(37)33-20-21-34-32-15-5-7-19-38(32)44(40(34)39(33)43)30-13-8-10-28(26-30)36-17-9-16-35(42-36)27-22-24-41-25-23-27/h1-26H. The van der Waals surface area contributed by atoms with Crippen LogP contribution < -0.4 is 0 Å². The maximum atomic E-state index is 5.05. The van der Waals surface area contributed by atoms with Gasteiger partial charge in [-0.2, -0.15) is 0 Å². The molecule has 0 fully saturated rings. The fourth-order valence-corrected chi connectivity index (χ4v) is 6.70. The summed E-state index contributed by atoms with van der Waals surface area (Å²) in [5.74, 6) is 0. The van der Waals surface area contributed by atoms with Crippen LogP contribution in [0.4, 0.5) is 0 Å². The summed E-state index contributed by atoms with van der Waals surface area (Å²) in [7, 11) is 0. The lowest BCUT2D eigenvalue weighted by atomic mass is 10.1. The molecule has 0 saturated heterocycles. The van der Waals surface area contributed by atoms with Crippen molar-refractivity contribution in [3.63, 3.8) is 0 Å². The van der Waals surface area contributed by atoms with Crippen molar-refractivity contribution in [3.8, 4) is 33.9 Å². The molecule has 0 spiro atoms. The van der Waals surface area contributed by atoms with Crippen LogP contribution in [0.3, 0.4) is 0 Å². The first kappa shape index (κ1) is 24.6. The summed E-state index contributed by atoms with van der Waals surface area (Å²) < 4.78 is 4.85. The first-order chi connectivity index (χ1) is 21.8. The number of benzene rings is 5. The maximum Gasteiger partial charge on any atom is 0.0788 e. The van der Waals surface area contributed by atoms with Gasteiger partial charge in [0.15, 0.2) is 0 Å². The van der Waals surface area contributed by atoms with E-state index in [1.165, 1.54) is 43.6 Å². The number of pyridine rings is 2. The third kappa shape index (κ3) is 3.71. The highest BCUT2D eigenvalue weighted by molar-refractivity contribution is 6.23. The van der Waals surface area contributed by atoms with Gasteiger partial charge in [-0.3, -0.25) is 4.98 Å². The van der Waals surface area contributed by atoms with Gasteiger partial charge in [0.25, 0.3) is 0 Å². The van der Waals surface area contributed by atoms with Gasteiger partial charge in [0.2, 0.25) is 0 Å². The molecule has 0 aliphatic rings. The van der Waals surface area contributed by atoms with Crippen LogP contribution in [0.5, 0.6) is 0 Å². The van der Waals surface area contributed by atoms with Crippen molar-refractivity contribution in [2.24, 2.45) is 0 Å². The summed E-state index contributed by atoms with van der Waals surface area (Å²) in [6.07, 6.45) is 3.62. The summed E-state index contributed by atoms with van der Waals surface area (Å²) in [6, 6.07) is 51.7. The van der Waals surface area contributed by atoms with Crippen LogP contribution in [-0.2, 0) is 0 Å². The number of fused-ring (bicyclic) bond motifs is 7. The minimum atomic E-state index is 0.932. The highest BCUT2D eigenvalue weighted by Crippen LogP contribution is 2.41. The van der Waals surface area contributed by atoms with Crippen LogP contribution >= 0.6 is 0 Å². The van der Waals surface area contributed by atoms with Gasteiger partial charge in [-0.1, -0.05) is 84.9 Å². The highest BCUT2D eigenvalue weighted by Gasteiger charge is 2.21. The SMILES string of the molecule is c1ccc(-n2c3ccccc3c3ccc4c5ccccc5n(-c5cccc(-c6cccc(-c7ccncc7)n6)c5)c4c32)cc1. The Kier molecular flexibility index (Phi) is 5.47. The molecule has 0 bridgehead atoms. The number of aromatic nitrogens is 4. The van der Waals surface area contributed by atoms with Crippen LogP contribution in [-0.4, -0.2) is 19.1 Å². The quantitative estimate of drug-likeness (QED) is 0.214. The lowest BCUT2D eigenvalue weighted by molar-refractivity contribution is 1.15. The van der Waals surface area contributed by atoms with Gasteiger partial charge in [0.1, 0.15) is 0 Å². The highest BCUT2D eigenvalue weighted by atomic mass is 15.0. The average molecular weight is 563 g/mol. The Morgan fingerprint density at radius 3 is 1.61 bits per heavy atom. The summed E-state index contributed by atoms with van der Waals surface area (Å²) in [6.45, 7) is 0. The first-order valence-electron chi connectivity index (χ1n) is 14.8. The number of rotatable bonds is 4. The monoisotopic (exact) mass is 562 g/mol. The number of nitrogens with zero attached hydrogens (tertiary/aromatic N) is 4. The van der Waals surface area contributed by atoms with Crippen LogP contribution in [0.25, 0.3) is 77.5 Å². The molecule has 4 heterocycles. The molecule has 4 nitrogen and oxygen atoms in total. The molecule has 0 amide bonds. The van der Waals surface area contributed by atoms with Crippen LogP contribution in [0, 0.1) is 0 Å². The van der Waals surface area contributed by atoms with Crippen molar-refractivity contribution < 1.29 is 0 Å². The molecular formula is C40H26N4. The molecule has 9 aromatic rings. The number of hydrogen-bond acceptors (Lipinski definition) is 2. The van der Waals surface area contributed by atoms with Crippen molar-refractivity contribution in [2.75, 3.05) is 0 Å². The minimum Gasteiger partial charge on any atom is -0.307 e. The second-order valence-electron chi connectivity index (χ2n) is 11.1. The van der Waals surface area contributed by atoms with Gasteiger partial charge >= 0.3 is 0 Å². The largest absolute Gasteiger partial charge is 0.307 e. The Hall–Kier alpha value is -6.00. The van der Waals surface area contributed by atoms with Gasteiger partial charge in [-0.15, -0.1) is 0 Å². The molecule has 0 aliphatic heterocycles.